The van der Waals surface area contributed by atoms with E-state index in [1.165, 1.54) is 32.4 Å². The Morgan fingerprint density at radius 2 is 1.90 bits per heavy atom. The molecule has 6 aromatic rings. The Kier molecular flexibility index (Phi) is 5.50. The molecule has 0 radical (unpaired) electrons. The second-order valence-electron chi connectivity index (χ2n) is 9.02. The number of amides is 1. The van der Waals surface area contributed by atoms with Gasteiger partial charge in [-0.3, -0.25) is 18.8 Å². The quantitative estimate of drug-likeness (QED) is 0.339. The molecule has 0 unspecified atom stereocenters. The van der Waals surface area contributed by atoms with E-state index in [9.17, 15) is 18.0 Å². The van der Waals surface area contributed by atoms with Crippen LogP contribution in [0.4, 0.5) is 24.7 Å². The Balaban J connectivity index is 1.45. The number of alkyl halides is 3. The molecule has 10 nitrogen and oxygen atoms in total. The van der Waals surface area contributed by atoms with Crippen molar-refractivity contribution in [1.82, 2.24) is 33.5 Å². The van der Waals surface area contributed by atoms with Crippen molar-refractivity contribution >= 4 is 51.2 Å². The van der Waals surface area contributed by atoms with Gasteiger partial charge in [0.2, 0.25) is 0 Å². The molecule has 0 atom stereocenters. The van der Waals surface area contributed by atoms with Crippen LogP contribution in [-0.4, -0.2) is 39.4 Å². The number of rotatable bonds is 4. The molecule has 0 bridgehead atoms. The number of benzene rings is 1. The summed E-state index contributed by atoms with van der Waals surface area (Å²) in [5.74, 6) is 0.457. The zero-order valence-electron chi connectivity index (χ0n) is 20.5. The average Bonchev–Trinajstić information content (AvgIpc) is 3.59. The van der Waals surface area contributed by atoms with E-state index in [0.717, 1.165) is 12.3 Å². The SMILES string of the molecule is Cc1ncc2c(N)nc3cc(Cl)c(C(=O)N(Cc4cn5cc(C(F)(F)F)ccc5n4)c4cnn(C)c4)cc3n12. The van der Waals surface area contributed by atoms with E-state index in [4.69, 9.17) is 17.3 Å². The lowest BCUT2D eigenvalue weighted by Gasteiger charge is -2.21. The molecule has 0 saturated heterocycles. The predicted molar refractivity (Wildman–Crippen MR) is 139 cm³/mol. The maximum absolute atomic E-state index is 14.0. The Hall–Kier alpha value is -4.65. The van der Waals surface area contributed by atoms with Gasteiger partial charge in [0.15, 0.2) is 0 Å². The lowest BCUT2D eigenvalue weighted by Crippen LogP contribution is -2.30. The largest absolute Gasteiger partial charge is 0.417 e. The third-order valence-electron chi connectivity index (χ3n) is 6.37. The molecule has 0 fully saturated rings. The average molecular weight is 554 g/mol. The normalized spacial score (nSPS) is 12.2. The first-order valence-corrected chi connectivity index (χ1v) is 12.0. The van der Waals surface area contributed by atoms with Gasteiger partial charge >= 0.3 is 6.18 Å². The zero-order valence-corrected chi connectivity index (χ0v) is 21.2. The van der Waals surface area contributed by atoms with E-state index in [-0.39, 0.29) is 22.9 Å². The van der Waals surface area contributed by atoms with Gasteiger partial charge in [-0.15, -0.1) is 0 Å². The minimum atomic E-state index is -4.50. The van der Waals surface area contributed by atoms with Crippen LogP contribution in [-0.2, 0) is 19.8 Å². The number of hydrogen-bond acceptors (Lipinski definition) is 6. The highest BCUT2D eigenvalue weighted by Crippen LogP contribution is 2.31. The number of pyridine rings is 1. The number of carbonyl (C=O) groups is 1. The topological polar surface area (TPSA) is 112 Å². The number of carbonyl (C=O) groups excluding carboxylic acids is 1. The molecule has 14 heteroatoms. The highest BCUT2D eigenvalue weighted by molar-refractivity contribution is 6.35. The number of nitrogens with two attached hydrogens (primary N) is 1. The molecule has 5 aromatic heterocycles. The third kappa shape index (κ3) is 4.20. The lowest BCUT2D eigenvalue weighted by atomic mass is 10.1. The number of anilines is 2. The van der Waals surface area contributed by atoms with Crippen molar-refractivity contribution in [3.05, 3.63) is 82.9 Å². The summed E-state index contributed by atoms with van der Waals surface area (Å²) in [6, 6.07) is 5.42. The minimum Gasteiger partial charge on any atom is -0.382 e. The second kappa shape index (κ2) is 8.70. The lowest BCUT2D eigenvalue weighted by molar-refractivity contribution is -0.137. The first-order chi connectivity index (χ1) is 18.5. The molecule has 1 aromatic carbocycles. The standard InChI is InChI=1S/C25H19ClF3N9O/c1-13-31-8-21-23(30)34-19-6-18(26)17(5-20(19)38(13)21)24(39)37(16-7-32-35(2)12-16)11-15-10-36-9-14(25(27,28)29)3-4-22(36)33-15/h3-10,12H,11H2,1-2H3,(H2,30,34). The van der Waals surface area contributed by atoms with Crippen LogP contribution < -0.4 is 10.6 Å². The maximum Gasteiger partial charge on any atom is 0.417 e. The van der Waals surface area contributed by atoms with E-state index in [2.05, 4.69) is 20.1 Å². The molecule has 5 heterocycles. The fourth-order valence-electron chi connectivity index (χ4n) is 4.52. The van der Waals surface area contributed by atoms with Crippen molar-refractivity contribution in [3.8, 4) is 0 Å². The summed E-state index contributed by atoms with van der Waals surface area (Å²) >= 11 is 6.58. The predicted octanol–water partition coefficient (Wildman–Crippen LogP) is 4.67. The van der Waals surface area contributed by atoms with Crippen LogP contribution in [0.25, 0.3) is 22.2 Å². The van der Waals surface area contributed by atoms with Gasteiger partial charge in [0.25, 0.3) is 5.91 Å². The minimum absolute atomic E-state index is 0.0541. The molecule has 0 spiro atoms. The van der Waals surface area contributed by atoms with E-state index in [1.54, 1.807) is 42.9 Å². The van der Waals surface area contributed by atoms with Crippen molar-refractivity contribution in [2.24, 2.45) is 7.05 Å². The Labute approximate surface area is 223 Å². The number of fused-ring (bicyclic) bond motifs is 4. The van der Waals surface area contributed by atoms with Gasteiger partial charge in [-0.1, -0.05) is 11.6 Å². The van der Waals surface area contributed by atoms with E-state index < -0.39 is 17.6 Å². The number of aryl methyl sites for hydroxylation is 2. The number of nitrogen functional groups attached to an aromatic ring is 1. The van der Waals surface area contributed by atoms with Gasteiger partial charge in [0.1, 0.15) is 22.8 Å². The van der Waals surface area contributed by atoms with Crippen molar-refractivity contribution in [3.63, 3.8) is 0 Å². The van der Waals surface area contributed by atoms with Gasteiger partial charge in [0.05, 0.1) is 57.5 Å². The van der Waals surface area contributed by atoms with Crippen molar-refractivity contribution in [1.29, 1.82) is 0 Å². The molecule has 0 aliphatic heterocycles. The van der Waals surface area contributed by atoms with Crippen LogP contribution in [0.2, 0.25) is 5.02 Å². The molecular formula is C25H19ClF3N9O. The fourth-order valence-corrected chi connectivity index (χ4v) is 4.76. The van der Waals surface area contributed by atoms with Crippen LogP contribution in [0.1, 0.15) is 27.4 Å². The fraction of sp³-hybridized carbons (Fsp3) is 0.160. The molecular weight excluding hydrogens is 535 g/mol. The summed E-state index contributed by atoms with van der Waals surface area (Å²) in [4.78, 5) is 28.5. The number of imidazole rings is 2. The molecule has 2 N–H and O–H groups in total. The Morgan fingerprint density at radius 3 is 2.62 bits per heavy atom. The van der Waals surface area contributed by atoms with Crippen molar-refractivity contribution in [2.75, 3.05) is 10.6 Å². The summed E-state index contributed by atoms with van der Waals surface area (Å²) < 4.78 is 44.2. The second-order valence-corrected chi connectivity index (χ2v) is 9.43. The number of aromatic nitrogens is 7. The van der Waals surface area contributed by atoms with Gasteiger partial charge in [-0.2, -0.15) is 18.3 Å². The maximum atomic E-state index is 14.0. The summed E-state index contributed by atoms with van der Waals surface area (Å²) in [6.45, 7) is 1.75. The number of nitrogens with zero attached hydrogens (tertiary/aromatic N) is 8. The van der Waals surface area contributed by atoms with Crippen LogP contribution >= 0.6 is 11.6 Å². The third-order valence-corrected chi connectivity index (χ3v) is 6.69. The van der Waals surface area contributed by atoms with Gasteiger partial charge in [-0.25, -0.2) is 15.0 Å². The molecule has 0 saturated carbocycles. The van der Waals surface area contributed by atoms with E-state index in [0.29, 0.717) is 39.4 Å². The van der Waals surface area contributed by atoms with Gasteiger partial charge in [-0.05, 0) is 31.2 Å². The molecule has 1 amide bonds. The number of halogens is 4. The Bertz CT molecular complexity index is 1920. The first-order valence-electron chi connectivity index (χ1n) is 11.6. The summed E-state index contributed by atoms with van der Waals surface area (Å²) in [5.41, 5.74) is 8.24. The van der Waals surface area contributed by atoms with Crippen LogP contribution in [0.3, 0.4) is 0 Å². The van der Waals surface area contributed by atoms with Crippen LogP contribution in [0.15, 0.2) is 55.2 Å². The van der Waals surface area contributed by atoms with E-state index in [1.807, 2.05) is 0 Å². The van der Waals surface area contributed by atoms with Crippen molar-refractivity contribution < 1.29 is 18.0 Å². The van der Waals surface area contributed by atoms with Crippen LogP contribution in [0, 0.1) is 6.92 Å². The monoisotopic (exact) mass is 553 g/mol. The van der Waals surface area contributed by atoms with Gasteiger partial charge in [0, 0.05) is 25.6 Å². The molecule has 6 rings (SSSR count). The first kappa shape index (κ1) is 24.7. The highest BCUT2D eigenvalue weighted by Gasteiger charge is 2.31. The highest BCUT2D eigenvalue weighted by atomic mass is 35.5. The molecule has 39 heavy (non-hydrogen) atoms. The van der Waals surface area contributed by atoms with Gasteiger partial charge < -0.3 is 10.1 Å². The molecule has 198 valence electrons. The number of hydrogen-bond donors (Lipinski definition) is 1. The van der Waals surface area contributed by atoms with Crippen LogP contribution in [0.5, 0.6) is 0 Å². The van der Waals surface area contributed by atoms with E-state index >= 15 is 0 Å². The molecule has 0 aliphatic carbocycles. The summed E-state index contributed by atoms with van der Waals surface area (Å²) in [6.07, 6.45) is 2.66. The summed E-state index contributed by atoms with van der Waals surface area (Å²) in [7, 11) is 1.70. The smallest absolute Gasteiger partial charge is 0.382 e. The zero-order chi connectivity index (χ0) is 27.6. The Morgan fingerprint density at radius 1 is 1.10 bits per heavy atom. The van der Waals surface area contributed by atoms with Crippen molar-refractivity contribution in [2.45, 2.75) is 19.6 Å². The molecule has 0 aliphatic rings. The summed E-state index contributed by atoms with van der Waals surface area (Å²) in [5, 5.41) is 4.32.